The lowest BCUT2D eigenvalue weighted by molar-refractivity contribution is 0.630. The van der Waals surface area contributed by atoms with E-state index in [-0.39, 0.29) is 0 Å². The molecule has 0 unspecified atom stereocenters. The molecule has 0 amide bonds. The number of rotatable bonds is 1. The molecule has 0 saturated carbocycles. The topological polar surface area (TPSA) is 14.1 Å². The maximum Gasteiger partial charge on any atom is 0.0387 e. The Kier molecular flexibility index (Phi) is 2.69. The van der Waals surface area contributed by atoms with Gasteiger partial charge in [0.1, 0.15) is 0 Å². The second-order valence-electron chi connectivity index (χ2n) is 4.70. The quantitative estimate of drug-likeness (QED) is 0.702. The third-order valence-electron chi connectivity index (χ3n) is 3.41. The van der Waals surface area contributed by atoms with Gasteiger partial charge in [0, 0.05) is 13.1 Å². The molecule has 1 radical (unpaired) electrons. The molecule has 0 atom stereocenters. The molecule has 2 aromatic carbocycles. The van der Waals surface area contributed by atoms with Crippen molar-refractivity contribution in [2.45, 2.75) is 19.9 Å². The molecule has 0 fully saturated rings. The highest BCUT2D eigenvalue weighted by molar-refractivity contribution is 5.65. The van der Waals surface area contributed by atoms with E-state index < -0.39 is 0 Å². The zero-order valence-electron chi connectivity index (χ0n) is 10.1. The van der Waals surface area contributed by atoms with Crippen molar-refractivity contribution in [1.82, 2.24) is 5.32 Å². The van der Waals surface area contributed by atoms with Crippen LogP contribution in [-0.4, -0.2) is 6.54 Å². The molecule has 3 rings (SSSR count). The first-order chi connectivity index (χ1) is 8.33. The van der Waals surface area contributed by atoms with Crippen LogP contribution in [0.1, 0.15) is 16.7 Å². The van der Waals surface area contributed by atoms with Crippen LogP contribution in [0.3, 0.4) is 0 Å². The van der Waals surface area contributed by atoms with Crippen LogP contribution < -0.4 is 5.32 Å². The van der Waals surface area contributed by atoms with Crippen molar-refractivity contribution >= 4 is 0 Å². The fourth-order valence-electron chi connectivity index (χ4n) is 2.34. The van der Waals surface area contributed by atoms with Crippen molar-refractivity contribution < 1.29 is 0 Å². The summed E-state index contributed by atoms with van der Waals surface area (Å²) in [6.07, 6.45) is 1.09. The van der Waals surface area contributed by atoms with Crippen LogP contribution in [0.15, 0.2) is 42.5 Å². The first kappa shape index (κ1) is 10.5. The van der Waals surface area contributed by atoms with Gasteiger partial charge in [-0.25, -0.2) is 5.32 Å². The predicted molar refractivity (Wildman–Crippen MR) is 71.0 cm³/mol. The second-order valence-corrected chi connectivity index (χ2v) is 4.70. The van der Waals surface area contributed by atoms with E-state index in [0.29, 0.717) is 0 Å². The van der Waals surface area contributed by atoms with E-state index in [2.05, 4.69) is 54.7 Å². The van der Waals surface area contributed by atoms with Gasteiger partial charge in [-0.15, -0.1) is 0 Å². The van der Waals surface area contributed by atoms with E-state index in [1.807, 2.05) is 0 Å². The first-order valence-corrected chi connectivity index (χ1v) is 6.15. The summed E-state index contributed by atoms with van der Waals surface area (Å²) >= 11 is 0. The smallest absolute Gasteiger partial charge is 0.0387 e. The Morgan fingerprint density at radius 3 is 2.47 bits per heavy atom. The van der Waals surface area contributed by atoms with Crippen molar-refractivity contribution in [3.05, 3.63) is 59.2 Å². The zero-order chi connectivity index (χ0) is 11.7. The fraction of sp³-hybridized carbons (Fsp3) is 0.250. The van der Waals surface area contributed by atoms with Gasteiger partial charge in [-0.3, -0.25) is 0 Å². The van der Waals surface area contributed by atoms with Crippen LogP contribution in [0.4, 0.5) is 0 Å². The number of fused-ring (bicyclic) bond motifs is 1. The molecular weight excluding hydrogens is 206 g/mol. The molecule has 1 aliphatic heterocycles. The van der Waals surface area contributed by atoms with Gasteiger partial charge in [-0.05, 0) is 35.6 Å². The van der Waals surface area contributed by atoms with Crippen LogP contribution in [0, 0.1) is 6.92 Å². The van der Waals surface area contributed by atoms with Crippen molar-refractivity contribution in [3.8, 4) is 11.1 Å². The summed E-state index contributed by atoms with van der Waals surface area (Å²) in [5.41, 5.74) is 6.81. The standard InChI is InChI=1S/C16H16N/c1-12-2-4-13(5-3-12)14-6-7-16-11-17-9-8-15(16)10-14/h2-7,10H,8-9,11H2,1H3. The number of hydrogen-bond donors (Lipinski definition) is 0. The number of hydrogen-bond acceptors (Lipinski definition) is 0. The maximum atomic E-state index is 4.43. The van der Waals surface area contributed by atoms with E-state index in [0.717, 1.165) is 19.5 Å². The summed E-state index contributed by atoms with van der Waals surface area (Å²) in [7, 11) is 0. The maximum absolute atomic E-state index is 4.43. The van der Waals surface area contributed by atoms with Crippen LogP contribution >= 0.6 is 0 Å². The molecule has 0 aromatic heterocycles. The molecule has 17 heavy (non-hydrogen) atoms. The molecule has 1 nitrogen and oxygen atoms in total. The Morgan fingerprint density at radius 1 is 0.882 bits per heavy atom. The van der Waals surface area contributed by atoms with Gasteiger partial charge in [0.05, 0.1) is 0 Å². The summed E-state index contributed by atoms with van der Waals surface area (Å²) in [6, 6.07) is 15.5. The molecule has 0 saturated heterocycles. The van der Waals surface area contributed by atoms with Crippen molar-refractivity contribution in [2.24, 2.45) is 0 Å². The zero-order valence-corrected chi connectivity index (χ0v) is 10.1. The van der Waals surface area contributed by atoms with E-state index in [4.69, 9.17) is 0 Å². The van der Waals surface area contributed by atoms with E-state index >= 15 is 0 Å². The monoisotopic (exact) mass is 222 g/mol. The average molecular weight is 222 g/mol. The molecule has 0 aliphatic carbocycles. The highest BCUT2D eigenvalue weighted by Gasteiger charge is 2.10. The number of benzene rings is 2. The molecule has 1 heteroatoms. The number of aryl methyl sites for hydroxylation is 1. The summed E-state index contributed by atoms with van der Waals surface area (Å²) in [5.74, 6) is 0. The lowest BCUT2D eigenvalue weighted by Crippen LogP contribution is -2.17. The first-order valence-electron chi connectivity index (χ1n) is 6.15. The van der Waals surface area contributed by atoms with Gasteiger partial charge in [-0.1, -0.05) is 48.0 Å². The van der Waals surface area contributed by atoms with Crippen LogP contribution in [0.5, 0.6) is 0 Å². The Morgan fingerprint density at radius 2 is 1.65 bits per heavy atom. The highest BCUT2D eigenvalue weighted by atomic mass is 14.9. The van der Waals surface area contributed by atoms with Crippen molar-refractivity contribution in [3.63, 3.8) is 0 Å². The van der Waals surface area contributed by atoms with Gasteiger partial charge < -0.3 is 0 Å². The predicted octanol–water partition coefficient (Wildman–Crippen LogP) is 3.32. The van der Waals surface area contributed by atoms with Crippen LogP contribution in [0.2, 0.25) is 0 Å². The molecule has 1 aliphatic rings. The van der Waals surface area contributed by atoms with E-state index in [1.165, 1.54) is 27.8 Å². The molecule has 0 N–H and O–H groups in total. The largest absolute Gasteiger partial charge is 0.237 e. The Balaban J connectivity index is 2.01. The summed E-state index contributed by atoms with van der Waals surface area (Å²) < 4.78 is 0. The average Bonchev–Trinajstić information content (AvgIpc) is 2.39. The minimum Gasteiger partial charge on any atom is -0.237 e. The lowest BCUT2D eigenvalue weighted by atomic mass is 9.95. The van der Waals surface area contributed by atoms with Crippen LogP contribution in [0.25, 0.3) is 11.1 Å². The molecule has 0 spiro atoms. The molecule has 2 aromatic rings. The van der Waals surface area contributed by atoms with Gasteiger partial charge in [-0.2, -0.15) is 0 Å². The van der Waals surface area contributed by atoms with Gasteiger partial charge in [0.25, 0.3) is 0 Å². The van der Waals surface area contributed by atoms with Gasteiger partial charge in [0.2, 0.25) is 0 Å². The Hall–Kier alpha value is -1.60. The minimum absolute atomic E-state index is 0.892. The molecule has 0 bridgehead atoms. The summed E-state index contributed by atoms with van der Waals surface area (Å²) in [5, 5.41) is 4.43. The minimum atomic E-state index is 0.892. The SMILES string of the molecule is Cc1ccc(-c2ccc3c(c2)CC[N]C3)cc1. The second kappa shape index (κ2) is 4.34. The number of nitrogens with zero attached hydrogens (tertiary/aromatic N) is 1. The Bertz CT molecular complexity index is 526. The van der Waals surface area contributed by atoms with Crippen molar-refractivity contribution in [1.29, 1.82) is 0 Å². The summed E-state index contributed by atoms with van der Waals surface area (Å²) in [4.78, 5) is 0. The van der Waals surface area contributed by atoms with Gasteiger partial charge >= 0.3 is 0 Å². The summed E-state index contributed by atoms with van der Waals surface area (Å²) in [6.45, 7) is 3.99. The Labute approximate surface area is 102 Å². The normalized spacial score (nSPS) is 14.4. The van der Waals surface area contributed by atoms with Crippen molar-refractivity contribution in [2.75, 3.05) is 6.54 Å². The van der Waals surface area contributed by atoms with Gasteiger partial charge in [0.15, 0.2) is 0 Å². The molecular formula is C16H16N. The third-order valence-corrected chi connectivity index (χ3v) is 3.41. The highest BCUT2D eigenvalue weighted by Crippen LogP contribution is 2.24. The fourth-order valence-corrected chi connectivity index (χ4v) is 2.34. The molecule has 1 heterocycles. The van der Waals surface area contributed by atoms with Crippen LogP contribution in [-0.2, 0) is 13.0 Å². The lowest BCUT2D eigenvalue weighted by Gasteiger charge is -2.16. The molecule has 85 valence electrons. The van der Waals surface area contributed by atoms with E-state index in [9.17, 15) is 0 Å². The van der Waals surface area contributed by atoms with E-state index in [1.54, 1.807) is 0 Å². The third kappa shape index (κ3) is 2.11.